The molecule has 0 bridgehead atoms. The molecule has 1 aromatic carbocycles. The van der Waals surface area contributed by atoms with E-state index in [1.54, 1.807) is 11.6 Å². The summed E-state index contributed by atoms with van der Waals surface area (Å²) < 4.78 is 14.3. The van der Waals surface area contributed by atoms with Gasteiger partial charge in [-0.1, -0.05) is 6.07 Å². The molecule has 7 nitrogen and oxygen atoms in total. The molecule has 3 heterocycles. The van der Waals surface area contributed by atoms with E-state index >= 15 is 0 Å². The molecule has 1 saturated heterocycles. The van der Waals surface area contributed by atoms with Crippen LogP contribution < -0.4 is 5.32 Å². The Labute approximate surface area is 158 Å². The van der Waals surface area contributed by atoms with Crippen molar-refractivity contribution in [3.05, 3.63) is 58.2 Å². The van der Waals surface area contributed by atoms with E-state index in [0.717, 1.165) is 16.2 Å². The van der Waals surface area contributed by atoms with E-state index < -0.39 is 12.1 Å². The van der Waals surface area contributed by atoms with Crippen LogP contribution in [0.3, 0.4) is 0 Å². The van der Waals surface area contributed by atoms with Gasteiger partial charge in [-0.3, -0.25) is 9.69 Å². The average molecular weight is 385 g/mol. The van der Waals surface area contributed by atoms with E-state index in [-0.39, 0.29) is 18.3 Å². The molecule has 3 amide bonds. The first kappa shape index (κ1) is 17.3. The van der Waals surface area contributed by atoms with Crippen LogP contribution in [-0.2, 0) is 11.2 Å². The lowest BCUT2D eigenvalue weighted by molar-refractivity contribution is -0.126. The predicted octanol–water partition coefficient (Wildman–Crippen LogP) is 2.82. The minimum atomic E-state index is -0.649. The molecule has 9 heteroatoms. The molecule has 1 aliphatic rings. The highest BCUT2D eigenvalue weighted by atomic mass is 32.1. The van der Waals surface area contributed by atoms with Gasteiger partial charge >= 0.3 is 6.03 Å². The number of urea groups is 1. The Hall–Kier alpha value is -3.07. The number of nitrogens with one attached hydrogen (secondary N) is 2. The summed E-state index contributed by atoms with van der Waals surface area (Å²) >= 11 is 1.43. The van der Waals surface area contributed by atoms with Gasteiger partial charge in [-0.15, -0.1) is 11.3 Å². The summed E-state index contributed by atoms with van der Waals surface area (Å²) in [7, 11) is 0. The maximum Gasteiger partial charge on any atom is 0.325 e. The molecule has 1 fully saturated rings. The molecule has 0 radical (unpaired) electrons. The highest BCUT2D eigenvalue weighted by molar-refractivity contribution is 7.07. The number of carbonyl (C=O) groups excluding carboxylic acids is 2. The summed E-state index contributed by atoms with van der Waals surface area (Å²) in [5.41, 5.74) is 4.11. The molecular weight excluding hydrogens is 369 g/mol. The Kier molecular flexibility index (Phi) is 4.44. The molecule has 1 unspecified atom stereocenters. The van der Waals surface area contributed by atoms with E-state index in [1.807, 2.05) is 18.4 Å². The molecule has 0 spiro atoms. The molecule has 4 rings (SSSR count). The fourth-order valence-corrected chi connectivity index (χ4v) is 3.65. The van der Waals surface area contributed by atoms with Gasteiger partial charge in [-0.2, -0.15) is 0 Å². The summed E-state index contributed by atoms with van der Waals surface area (Å²) in [4.78, 5) is 37.2. The number of H-pyrrole nitrogens is 1. The highest BCUT2D eigenvalue weighted by Crippen LogP contribution is 2.28. The van der Waals surface area contributed by atoms with Crippen molar-refractivity contribution in [1.82, 2.24) is 25.2 Å². The van der Waals surface area contributed by atoms with E-state index in [2.05, 4.69) is 20.3 Å². The second kappa shape index (κ2) is 6.92. The summed E-state index contributed by atoms with van der Waals surface area (Å²) in [5, 5.41) is 4.38. The number of imidazole rings is 1. The Bertz CT molecular complexity index is 985. The topological polar surface area (TPSA) is 91.0 Å². The van der Waals surface area contributed by atoms with Gasteiger partial charge < -0.3 is 10.3 Å². The van der Waals surface area contributed by atoms with Gasteiger partial charge in [0, 0.05) is 17.4 Å². The lowest BCUT2D eigenvalue weighted by Gasteiger charge is -2.22. The van der Waals surface area contributed by atoms with Crippen molar-refractivity contribution in [1.29, 1.82) is 0 Å². The van der Waals surface area contributed by atoms with Crippen molar-refractivity contribution >= 4 is 23.3 Å². The molecule has 3 aromatic rings. The van der Waals surface area contributed by atoms with Crippen LogP contribution in [0.2, 0.25) is 0 Å². The standard InChI is InChI=1S/C18H16FN5O2S/c1-10-2-3-12(13(19)4-10)14-6-20-17(23-14)15(5-11-8-27-9-22-11)24-16(25)7-21-18(24)26/h2-4,6,8-9,15H,5,7H2,1H3,(H,20,23)(H,21,26). The lowest BCUT2D eigenvalue weighted by Crippen LogP contribution is -2.36. The molecule has 1 aliphatic heterocycles. The van der Waals surface area contributed by atoms with Gasteiger partial charge in [0.2, 0.25) is 0 Å². The Morgan fingerprint density at radius 1 is 1.33 bits per heavy atom. The van der Waals surface area contributed by atoms with Crippen molar-refractivity contribution in [3.8, 4) is 11.3 Å². The zero-order valence-electron chi connectivity index (χ0n) is 14.4. The maximum absolute atomic E-state index is 14.3. The first-order valence-electron chi connectivity index (χ1n) is 8.31. The van der Waals surface area contributed by atoms with Crippen molar-refractivity contribution in [2.45, 2.75) is 19.4 Å². The SMILES string of the molecule is Cc1ccc(-c2cnc(C(Cc3cscn3)N3C(=O)CNC3=O)[nH]2)c(F)c1. The smallest absolute Gasteiger partial charge is 0.325 e. The third-order valence-corrected chi connectivity index (χ3v) is 5.04. The number of aromatic nitrogens is 3. The molecule has 2 aromatic heterocycles. The second-order valence-corrected chi connectivity index (χ2v) is 7.01. The number of amides is 3. The van der Waals surface area contributed by atoms with Crippen LogP contribution in [0.1, 0.15) is 23.1 Å². The van der Waals surface area contributed by atoms with Gasteiger partial charge in [0.15, 0.2) is 0 Å². The third kappa shape index (κ3) is 3.33. The molecule has 138 valence electrons. The zero-order chi connectivity index (χ0) is 19.0. The molecule has 2 N–H and O–H groups in total. The van der Waals surface area contributed by atoms with Crippen molar-refractivity contribution in [2.24, 2.45) is 0 Å². The van der Waals surface area contributed by atoms with Crippen molar-refractivity contribution in [3.63, 3.8) is 0 Å². The zero-order valence-corrected chi connectivity index (χ0v) is 15.2. The van der Waals surface area contributed by atoms with E-state index in [4.69, 9.17) is 0 Å². The number of hydrogen-bond acceptors (Lipinski definition) is 5. The normalized spacial score (nSPS) is 15.3. The minimum absolute atomic E-state index is 0.0491. The molecule has 0 saturated carbocycles. The number of imide groups is 1. The van der Waals surface area contributed by atoms with Crippen LogP contribution >= 0.6 is 11.3 Å². The van der Waals surface area contributed by atoms with Crippen LogP contribution in [0.15, 0.2) is 35.3 Å². The predicted molar refractivity (Wildman–Crippen MR) is 97.5 cm³/mol. The first-order chi connectivity index (χ1) is 13.0. The number of thiazole rings is 1. The number of nitrogens with zero attached hydrogens (tertiary/aromatic N) is 3. The first-order valence-corrected chi connectivity index (χ1v) is 9.25. The number of rotatable bonds is 5. The van der Waals surface area contributed by atoms with E-state index in [1.165, 1.54) is 23.6 Å². The van der Waals surface area contributed by atoms with Gasteiger partial charge in [-0.05, 0) is 24.6 Å². The summed E-state index contributed by atoms with van der Waals surface area (Å²) in [6.45, 7) is 1.76. The van der Waals surface area contributed by atoms with Gasteiger partial charge in [0.25, 0.3) is 5.91 Å². The largest absolute Gasteiger partial charge is 0.340 e. The van der Waals surface area contributed by atoms with Crippen molar-refractivity contribution in [2.75, 3.05) is 6.54 Å². The average Bonchev–Trinajstić information content (AvgIpc) is 3.36. The number of benzene rings is 1. The molecular formula is C18H16FN5O2S. The fourth-order valence-electron chi connectivity index (χ4n) is 3.08. The molecule has 0 aliphatic carbocycles. The fraction of sp³-hybridized carbons (Fsp3) is 0.222. The second-order valence-electron chi connectivity index (χ2n) is 6.29. The summed E-state index contributed by atoms with van der Waals surface area (Å²) in [5.74, 6) is -0.292. The number of aryl methyl sites for hydroxylation is 1. The van der Waals surface area contributed by atoms with Crippen LogP contribution in [0.4, 0.5) is 9.18 Å². The summed E-state index contributed by atoms with van der Waals surface area (Å²) in [6.07, 6.45) is 1.83. The Morgan fingerprint density at radius 3 is 2.85 bits per heavy atom. The summed E-state index contributed by atoms with van der Waals surface area (Å²) in [6, 6.07) is 3.80. The quantitative estimate of drug-likeness (QED) is 0.661. The van der Waals surface area contributed by atoms with E-state index in [9.17, 15) is 14.0 Å². The van der Waals surface area contributed by atoms with Crippen LogP contribution in [0.5, 0.6) is 0 Å². The van der Waals surface area contributed by atoms with Crippen LogP contribution in [-0.4, -0.2) is 38.3 Å². The van der Waals surface area contributed by atoms with Gasteiger partial charge in [-0.25, -0.2) is 19.2 Å². The number of carbonyl (C=O) groups is 2. The Balaban J connectivity index is 1.71. The lowest BCUT2D eigenvalue weighted by atomic mass is 10.1. The minimum Gasteiger partial charge on any atom is -0.340 e. The van der Waals surface area contributed by atoms with Crippen LogP contribution in [0, 0.1) is 12.7 Å². The number of aromatic amines is 1. The number of hydrogen-bond donors (Lipinski definition) is 2. The van der Waals surface area contributed by atoms with Crippen LogP contribution in [0.25, 0.3) is 11.3 Å². The van der Waals surface area contributed by atoms with Gasteiger partial charge in [0.1, 0.15) is 17.7 Å². The van der Waals surface area contributed by atoms with Crippen molar-refractivity contribution < 1.29 is 14.0 Å². The Morgan fingerprint density at radius 2 is 2.19 bits per heavy atom. The molecule has 1 atom stereocenters. The van der Waals surface area contributed by atoms with Gasteiger partial charge in [0.05, 0.1) is 29.6 Å². The number of halogens is 1. The third-order valence-electron chi connectivity index (χ3n) is 4.40. The molecule has 27 heavy (non-hydrogen) atoms. The maximum atomic E-state index is 14.3. The highest BCUT2D eigenvalue weighted by Gasteiger charge is 2.37. The monoisotopic (exact) mass is 385 g/mol. The van der Waals surface area contributed by atoms with E-state index in [0.29, 0.717) is 23.5 Å².